The van der Waals surface area contributed by atoms with Crippen molar-refractivity contribution in [3.8, 4) is 37.0 Å². The molecule has 0 saturated carbocycles. The van der Waals surface area contributed by atoms with Crippen LogP contribution in [-0.4, -0.2) is 17.9 Å². The summed E-state index contributed by atoms with van der Waals surface area (Å²) in [5.74, 6) is 2.28. The second-order valence-corrected chi connectivity index (χ2v) is 10.5. The van der Waals surface area contributed by atoms with Gasteiger partial charge in [-0.15, -0.1) is 0 Å². The second kappa shape index (κ2) is 8.53. The molecule has 2 aliphatic rings. The molecule has 2 rings (SSSR count). The zero-order valence-corrected chi connectivity index (χ0v) is 17.5. The number of hydrogen-bond acceptors (Lipinski definition) is 6. The molecule has 0 heterocycles. The third-order valence-electron chi connectivity index (χ3n) is 5.29. The molecule has 6 nitrogen and oxygen atoms in total. The quantitative estimate of drug-likeness (QED) is 0.518. The molecule has 2 aliphatic carbocycles. The van der Waals surface area contributed by atoms with Crippen LogP contribution in [0.4, 0.5) is 0 Å². The van der Waals surface area contributed by atoms with E-state index in [9.17, 15) is 14.4 Å². The predicted molar refractivity (Wildman–Crippen MR) is 96.9 cm³/mol. The molecule has 28 heavy (non-hydrogen) atoms. The van der Waals surface area contributed by atoms with E-state index >= 15 is 0 Å². The minimum atomic E-state index is -5.07. The van der Waals surface area contributed by atoms with Crippen LogP contribution in [-0.2, 0) is 42.1 Å². The van der Waals surface area contributed by atoms with E-state index in [4.69, 9.17) is 29.2 Å². The van der Waals surface area contributed by atoms with E-state index in [0.717, 1.165) is 35.1 Å². The zero-order valence-electron chi connectivity index (χ0n) is 16.0. The van der Waals surface area contributed by atoms with Crippen molar-refractivity contribution >= 4 is 17.9 Å². The molecule has 144 valence electrons. The van der Waals surface area contributed by atoms with E-state index in [0.29, 0.717) is 6.42 Å². The van der Waals surface area contributed by atoms with Gasteiger partial charge in [0.1, 0.15) is 0 Å². The summed E-state index contributed by atoms with van der Waals surface area (Å²) in [6.45, 7) is 6.03. The topological polar surface area (TPSA) is 78.9 Å². The Morgan fingerprint density at radius 2 is 1.43 bits per heavy atom. The Kier molecular flexibility index (Phi) is 6.58. The van der Waals surface area contributed by atoms with E-state index in [-0.39, 0.29) is 5.92 Å². The Labute approximate surface area is 169 Å². The van der Waals surface area contributed by atoms with Gasteiger partial charge in [0.2, 0.25) is 0 Å². The number of allylic oxidation sites excluding steroid dienone is 4. The van der Waals surface area contributed by atoms with Crippen LogP contribution in [0.15, 0.2) is 22.3 Å². The summed E-state index contributed by atoms with van der Waals surface area (Å²) in [5.41, 5.74) is 4.18. The molecule has 0 aromatic rings. The summed E-state index contributed by atoms with van der Waals surface area (Å²) in [7, 11) is 0. The van der Waals surface area contributed by atoms with Gasteiger partial charge in [0, 0.05) is 0 Å². The van der Waals surface area contributed by atoms with E-state index in [2.05, 4.69) is 6.92 Å². The molecular formula is C21H20O6Ti. The molecule has 0 aromatic carbocycles. The molecule has 7 heteroatoms. The average molecular weight is 416 g/mol. The summed E-state index contributed by atoms with van der Waals surface area (Å²) in [6, 6.07) is 0. The number of rotatable bonds is 4. The molecule has 0 amide bonds. The number of carbonyl (C=O) groups excluding carboxylic acids is 3. The number of carbonyl (C=O) groups is 3. The first-order chi connectivity index (χ1) is 13.2. The fourth-order valence-corrected chi connectivity index (χ4v) is 8.25. The summed E-state index contributed by atoms with van der Waals surface area (Å²) in [5, 5.41) is 0. The molecule has 2 unspecified atom stereocenters. The van der Waals surface area contributed by atoms with Crippen LogP contribution < -0.4 is 0 Å². The standard InChI is InChI=1S/C12H17.3C3H2O2.Ti/c1-8-9(2)11-6-4-5-7-12(11)10(8)3;3*1-2-3(4)5;/h6,10H,4-5,7H2,1-3H3;3*1H,(H,4,5);/q;;;;+3/p-3. The van der Waals surface area contributed by atoms with Gasteiger partial charge in [0.25, 0.3) is 0 Å². The average Bonchev–Trinajstić information content (AvgIpc) is 2.91. The molecule has 0 bridgehead atoms. The summed E-state index contributed by atoms with van der Waals surface area (Å²) in [4.78, 5) is 36.0. The van der Waals surface area contributed by atoms with Crippen LogP contribution in [0.5, 0.6) is 0 Å². The SMILES string of the molecule is C#CC(=O)[O][Ti]([O]C(=O)C#C)([O]C(=O)C#C)[CH]1CCCC2=C1C(C)=C(C)C2C. The summed E-state index contributed by atoms with van der Waals surface area (Å²) >= 11 is -5.07. The molecule has 2 atom stereocenters. The monoisotopic (exact) mass is 416 g/mol. The third kappa shape index (κ3) is 3.92. The van der Waals surface area contributed by atoms with Crippen molar-refractivity contribution in [2.75, 3.05) is 0 Å². The Balaban J connectivity index is 2.68. The molecule has 0 fully saturated rings. The fourth-order valence-electron chi connectivity index (χ4n) is 3.86. The van der Waals surface area contributed by atoms with Crippen molar-refractivity contribution in [1.29, 1.82) is 0 Å². The fraction of sp³-hybridized carbons (Fsp3) is 0.381. The predicted octanol–water partition coefficient (Wildman–Crippen LogP) is 2.67. The van der Waals surface area contributed by atoms with Crippen molar-refractivity contribution in [2.24, 2.45) is 5.92 Å². The van der Waals surface area contributed by atoms with Gasteiger partial charge in [0.05, 0.1) is 0 Å². The van der Waals surface area contributed by atoms with Gasteiger partial charge in [-0.25, -0.2) is 0 Å². The van der Waals surface area contributed by atoms with Crippen molar-refractivity contribution < 1.29 is 42.1 Å². The number of terminal acetylenes is 3. The molecule has 0 N–H and O–H groups in total. The first kappa shape index (κ1) is 21.6. The van der Waals surface area contributed by atoms with Gasteiger partial charge in [0.15, 0.2) is 0 Å². The Hall–Kier alpha value is -2.72. The Morgan fingerprint density at radius 3 is 1.86 bits per heavy atom. The molecule has 0 saturated heterocycles. The number of hydrogen-bond donors (Lipinski definition) is 0. The van der Waals surface area contributed by atoms with Crippen LogP contribution >= 0.6 is 0 Å². The van der Waals surface area contributed by atoms with Crippen LogP contribution in [0, 0.1) is 42.9 Å². The van der Waals surface area contributed by atoms with Gasteiger partial charge in [-0.3, -0.25) is 0 Å². The van der Waals surface area contributed by atoms with Gasteiger partial charge in [-0.1, -0.05) is 0 Å². The zero-order chi connectivity index (χ0) is 21.1. The first-order valence-corrected chi connectivity index (χ1v) is 11.5. The van der Waals surface area contributed by atoms with Crippen molar-refractivity contribution in [3.05, 3.63) is 22.3 Å². The minimum absolute atomic E-state index is 0.188. The van der Waals surface area contributed by atoms with Gasteiger partial charge < -0.3 is 0 Å². The Morgan fingerprint density at radius 1 is 0.964 bits per heavy atom. The summed E-state index contributed by atoms with van der Waals surface area (Å²) in [6.07, 6.45) is 17.5. The molecular weight excluding hydrogens is 396 g/mol. The van der Waals surface area contributed by atoms with Crippen LogP contribution in [0.25, 0.3) is 0 Å². The van der Waals surface area contributed by atoms with Gasteiger partial charge in [-0.05, 0) is 0 Å². The van der Waals surface area contributed by atoms with Crippen LogP contribution in [0.2, 0.25) is 4.22 Å². The molecule has 0 aliphatic heterocycles. The van der Waals surface area contributed by atoms with Crippen LogP contribution in [0.3, 0.4) is 0 Å². The van der Waals surface area contributed by atoms with E-state index in [1.165, 1.54) is 0 Å². The van der Waals surface area contributed by atoms with E-state index in [1.807, 2.05) is 13.8 Å². The van der Waals surface area contributed by atoms with Crippen molar-refractivity contribution in [3.63, 3.8) is 0 Å². The van der Waals surface area contributed by atoms with Crippen molar-refractivity contribution in [2.45, 2.75) is 44.3 Å². The molecule has 0 spiro atoms. The van der Waals surface area contributed by atoms with Crippen LogP contribution in [0.1, 0.15) is 40.0 Å². The first-order valence-electron chi connectivity index (χ1n) is 8.70. The molecule has 0 aromatic heterocycles. The second-order valence-electron chi connectivity index (χ2n) is 6.62. The van der Waals surface area contributed by atoms with E-state index < -0.39 is 39.9 Å². The molecule has 0 radical (unpaired) electrons. The van der Waals surface area contributed by atoms with E-state index in [1.54, 1.807) is 17.8 Å². The maximum atomic E-state index is 12.0. The third-order valence-corrected chi connectivity index (χ3v) is 9.72. The van der Waals surface area contributed by atoms with Gasteiger partial charge in [-0.2, -0.15) is 0 Å². The van der Waals surface area contributed by atoms with Crippen molar-refractivity contribution in [1.82, 2.24) is 0 Å². The maximum absolute atomic E-state index is 12.0. The van der Waals surface area contributed by atoms with Gasteiger partial charge >= 0.3 is 169 Å². The Bertz CT molecular complexity index is 849. The normalized spacial score (nSPS) is 21.0. The summed E-state index contributed by atoms with van der Waals surface area (Å²) < 4.78 is 15.5.